The number of carbonyl (C=O) groups is 2. The standard InChI is InChI=1S/C26H30N4O2/c31-25(26(32)28-24-18-19-30(29-24)22-14-8-3-9-15-22)27-23(21-12-6-2-7-13-21)17-16-20-10-4-1-5-11-20/h1-2,4-7,10-13,18-19,22-23H,3,8-9,14-17H2,(H,27,31)(H,28,29,32). The summed E-state index contributed by atoms with van der Waals surface area (Å²) in [5.74, 6) is -0.935. The van der Waals surface area contributed by atoms with E-state index < -0.39 is 11.8 Å². The number of aryl methyl sites for hydroxylation is 1. The van der Waals surface area contributed by atoms with Gasteiger partial charge in [0.25, 0.3) is 0 Å². The van der Waals surface area contributed by atoms with Gasteiger partial charge >= 0.3 is 11.8 Å². The molecule has 6 nitrogen and oxygen atoms in total. The third kappa shape index (κ3) is 5.84. The molecular formula is C26H30N4O2. The molecule has 3 aromatic rings. The second kappa shape index (κ2) is 10.8. The zero-order chi connectivity index (χ0) is 22.2. The number of hydrogen-bond donors (Lipinski definition) is 2. The maximum Gasteiger partial charge on any atom is 0.314 e. The molecule has 0 saturated heterocycles. The summed E-state index contributed by atoms with van der Waals surface area (Å²) in [6, 6.07) is 21.8. The molecule has 2 aromatic carbocycles. The molecule has 2 N–H and O–H groups in total. The van der Waals surface area contributed by atoms with E-state index in [-0.39, 0.29) is 6.04 Å². The minimum absolute atomic E-state index is 0.255. The number of amides is 2. The second-order valence-corrected chi connectivity index (χ2v) is 8.39. The molecule has 1 fully saturated rings. The maximum atomic E-state index is 12.7. The Balaban J connectivity index is 1.37. The van der Waals surface area contributed by atoms with Crippen LogP contribution in [0.1, 0.15) is 61.7 Å². The van der Waals surface area contributed by atoms with E-state index in [0.717, 1.165) is 24.8 Å². The van der Waals surface area contributed by atoms with Gasteiger partial charge in [-0.3, -0.25) is 14.3 Å². The average molecular weight is 431 g/mol. The molecule has 166 valence electrons. The van der Waals surface area contributed by atoms with Crippen LogP contribution in [0.25, 0.3) is 0 Å². The van der Waals surface area contributed by atoms with E-state index in [2.05, 4.69) is 27.9 Å². The lowest BCUT2D eigenvalue weighted by Gasteiger charge is -2.21. The minimum atomic E-state index is -0.695. The number of nitrogens with one attached hydrogen (secondary N) is 2. The summed E-state index contributed by atoms with van der Waals surface area (Å²) in [5.41, 5.74) is 2.17. The summed E-state index contributed by atoms with van der Waals surface area (Å²) in [4.78, 5) is 25.3. The number of aromatic nitrogens is 2. The van der Waals surface area contributed by atoms with E-state index in [1.165, 1.54) is 24.8 Å². The Morgan fingerprint density at radius 3 is 2.31 bits per heavy atom. The SMILES string of the molecule is O=C(Nc1ccn(C2CCCCC2)n1)C(=O)NC(CCc1ccccc1)c1ccccc1. The molecule has 0 radical (unpaired) electrons. The summed E-state index contributed by atoms with van der Waals surface area (Å²) in [6.45, 7) is 0. The van der Waals surface area contributed by atoms with E-state index in [9.17, 15) is 9.59 Å². The first-order chi connectivity index (χ1) is 15.7. The Kier molecular flexibility index (Phi) is 7.33. The van der Waals surface area contributed by atoms with Crippen LogP contribution in [0, 0.1) is 0 Å². The van der Waals surface area contributed by atoms with Crippen molar-refractivity contribution in [3.05, 3.63) is 84.1 Å². The van der Waals surface area contributed by atoms with Crippen LogP contribution in [-0.2, 0) is 16.0 Å². The number of carbonyl (C=O) groups excluding carboxylic acids is 2. The Morgan fingerprint density at radius 2 is 1.59 bits per heavy atom. The molecule has 4 rings (SSSR count). The lowest BCUT2D eigenvalue weighted by Crippen LogP contribution is -2.38. The molecule has 0 bridgehead atoms. The summed E-state index contributed by atoms with van der Waals surface area (Å²) >= 11 is 0. The molecule has 1 aromatic heterocycles. The van der Waals surface area contributed by atoms with Gasteiger partial charge in [-0.1, -0.05) is 79.9 Å². The third-order valence-electron chi connectivity index (χ3n) is 6.08. The summed E-state index contributed by atoms with van der Waals surface area (Å²) in [6.07, 6.45) is 9.28. The van der Waals surface area contributed by atoms with Crippen molar-refractivity contribution in [2.45, 2.75) is 57.0 Å². The van der Waals surface area contributed by atoms with Crippen molar-refractivity contribution in [2.24, 2.45) is 0 Å². The van der Waals surface area contributed by atoms with Crippen molar-refractivity contribution in [1.29, 1.82) is 0 Å². The topological polar surface area (TPSA) is 76.0 Å². The molecule has 0 spiro atoms. The maximum absolute atomic E-state index is 12.7. The minimum Gasteiger partial charge on any atom is -0.341 e. The van der Waals surface area contributed by atoms with Crippen LogP contribution in [0.5, 0.6) is 0 Å². The Morgan fingerprint density at radius 1 is 0.906 bits per heavy atom. The van der Waals surface area contributed by atoms with Gasteiger partial charge in [-0.15, -0.1) is 0 Å². The molecule has 2 amide bonds. The van der Waals surface area contributed by atoms with Crippen LogP contribution < -0.4 is 10.6 Å². The zero-order valence-corrected chi connectivity index (χ0v) is 18.2. The van der Waals surface area contributed by atoms with Crippen LogP contribution in [0.2, 0.25) is 0 Å². The fourth-order valence-corrected chi connectivity index (χ4v) is 4.31. The van der Waals surface area contributed by atoms with Crippen LogP contribution in [0.15, 0.2) is 72.9 Å². The van der Waals surface area contributed by atoms with Crippen molar-refractivity contribution in [3.63, 3.8) is 0 Å². The number of nitrogens with zero attached hydrogens (tertiary/aromatic N) is 2. The zero-order valence-electron chi connectivity index (χ0n) is 18.2. The van der Waals surface area contributed by atoms with Gasteiger partial charge in [0.15, 0.2) is 5.82 Å². The van der Waals surface area contributed by atoms with Crippen LogP contribution in [0.4, 0.5) is 5.82 Å². The number of hydrogen-bond acceptors (Lipinski definition) is 3. The molecule has 6 heteroatoms. The van der Waals surface area contributed by atoms with Crippen LogP contribution in [0.3, 0.4) is 0 Å². The lowest BCUT2D eigenvalue weighted by molar-refractivity contribution is -0.136. The van der Waals surface area contributed by atoms with Crippen molar-refractivity contribution in [2.75, 3.05) is 5.32 Å². The predicted octanol–water partition coefficient (Wildman–Crippen LogP) is 4.82. The van der Waals surface area contributed by atoms with E-state index in [1.54, 1.807) is 6.07 Å². The van der Waals surface area contributed by atoms with Gasteiger partial charge in [0.05, 0.1) is 12.1 Å². The highest BCUT2D eigenvalue weighted by atomic mass is 16.2. The number of anilines is 1. The summed E-state index contributed by atoms with van der Waals surface area (Å²) < 4.78 is 1.92. The lowest BCUT2D eigenvalue weighted by atomic mass is 9.96. The Hall–Kier alpha value is -3.41. The predicted molar refractivity (Wildman–Crippen MR) is 125 cm³/mol. The van der Waals surface area contributed by atoms with Gasteiger partial charge in [-0.2, -0.15) is 5.10 Å². The van der Waals surface area contributed by atoms with Crippen molar-refractivity contribution in [1.82, 2.24) is 15.1 Å². The molecule has 0 aliphatic heterocycles. The van der Waals surface area contributed by atoms with Gasteiger partial charge in [-0.05, 0) is 36.8 Å². The first-order valence-electron chi connectivity index (χ1n) is 11.4. The first-order valence-corrected chi connectivity index (χ1v) is 11.4. The fourth-order valence-electron chi connectivity index (χ4n) is 4.31. The molecule has 1 aliphatic carbocycles. The van der Waals surface area contributed by atoms with Crippen LogP contribution >= 0.6 is 0 Å². The Labute approximate surface area is 189 Å². The highest BCUT2D eigenvalue weighted by molar-refractivity contribution is 6.39. The molecule has 1 atom stereocenters. The largest absolute Gasteiger partial charge is 0.341 e. The molecule has 1 aliphatic rings. The molecular weight excluding hydrogens is 400 g/mol. The van der Waals surface area contributed by atoms with E-state index in [4.69, 9.17) is 0 Å². The summed E-state index contributed by atoms with van der Waals surface area (Å²) in [5, 5.41) is 10.0. The van der Waals surface area contributed by atoms with Gasteiger partial charge in [-0.25, -0.2) is 0 Å². The van der Waals surface area contributed by atoms with Gasteiger partial charge in [0.1, 0.15) is 0 Å². The molecule has 1 heterocycles. The van der Waals surface area contributed by atoms with Crippen molar-refractivity contribution in [3.8, 4) is 0 Å². The summed E-state index contributed by atoms with van der Waals surface area (Å²) in [7, 11) is 0. The number of rotatable bonds is 7. The van der Waals surface area contributed by atoms with Gasteiger partial charge in [0, 0.05) is 12.3 Å². The fraction of sp³-hybridized carbons (Fsp3) is 0.346. The van der Waals surface area contributed by atoms with Gasteiger partial charge < -0.3 is 10.6 Å². The van der Waals surface area contributed by atoms with Crippen LogP contribution in [-0.4, -0.2) is 21.6 Å². The second-order valence-electron chi connectivity index (χ2n) is 8.39. The monoisotopic (exact) mass is 430 g/mol. The molecule has 1 unspecified atom stereocenters. The van der Waals surface area contributed by atoms with E-state index >= 15 is 0 Å². The average Bonchev–Trinajstić information content (AvgIpc) is 3.32. The molecule has 1 saturated carbocycles. The van der Waals surface area contributed by atoms with Crippen molar-refractivity contribution >= 4 is 17.6 Å². The third-order valence-corrected chi connectivity index (χ3v) is 6.08. The van der Waals surface area contributed by atoms with Gasteiger partial charge in [0.2, 0.25) is 0 Å². The first kappa shape index (κ1) is 21.8. The van der Waals surface area contributed by atoms with E-state index in [0.29, 0.717) is 18.3 Å². The van der Waals surface area contributed by atoms with Crippen molar-refractivity contribution < 1.29 is 9.59 Å². The highest BCUT2D eigenvalue weighted by Gasteiger charge is 2.22. The number of benzene rings is 2. The normalized spacial score (nSPS) is 15.1. The highest BCUT2D eigenvalue weighted by Crippen LogP contribution is 2.28. The molecule has 32 heavy (non-hydrogen) atoms. The van der Waals surface area contributed by atoms with E-state index in [1.807, 2.05) is 59.4 Å². The smallest absolute Gasteiger partial charge is 0.314 e. The quantitative estimate of drug-likeness (QED) is 0.528. The Bertz CT molecular complexity index is 1010.